The molecule has 0 aliphatic carbocycles. The summed E-state index contributed by atoms with van der Waals surface area (Å²) in [5.74, 6) is 1.23. The molecule has 0 radical (unpaired) electrons. The summed E-state index contributed by atoms with van der Waals surface area (Å²) in [6, 6.07) is 12.3. The first-order valence-corrected chi connectivity index (χ1v) is 14.3. The van der Waals surface area contributed by atoms with Crippen molar-refractivity contribution in [3.8, 4) is 28.4 Å². The predicted molar refractivity (Wildman–Crippen MR) is 157 cm³/mol. The third-order valence-electron chi connectivity index (χ3n) is 8.71. The number of aromatic nitrogens is 4. The zero-order valence-electron chi connectivity index (χ0n) is 24.0. The van der Waals surface area contributed by atoms with Crippen LogP contribution in [-0.4, -0.2) is 91.2 Å². The van der Waals surface area contributed by atoms with E-state index in [0.29, 0.717) is 19.0 Å². The van der Waals surface area contributed by atoms with Crippen molar-refractivity contribution in [2.75, 3.05) is 27.2 Å². The van der Waals surface area contributed by atoms with Crippen LogP contribution in [0.5, 0.6) is 5.75 Å². The number of aromatic amines is 2. The number of imidazole rings is 1. The lowest BCUT2D eigenvalue weighted by Crippen LogP contribution is -2.53. The molecule has 2 aromatic heterocycles. The molecule has 2 aromatic carbocycles. The number of aryl methyl sites for hydroxylation is 1. The van der Waals surface area contributed by atoms with Crippen molar-refractivity contribution in [2.45, 2.75) is 64.7 Å². The number of benzene rings is 2. The van der Waals surface area contributed by atoms with Gasteiger partial charge in [0.25, 0.3) is 0 Å². The van der Waals surface area contributed by atoms with Crippen LogP contribution < -0.4 is 0 Å². The minimum atomic E-state index is -0.207. The first-order chi connectivity index (χ1) is 19.2. The maximum Gasteiger partial charge on any atom is 0.240 e. The van der Waals surface area contributed by atoms with E-state index in [1.807, 2.05) is 17.0 Å². The Balaban J connectivity index is 1.28. The van der Waals surface area contributed by atoms with Gasteiger partial charge in [-0.05, 0) is 81.7 Å². The van der Waals surface area contributed by atoms with Gasteiger partial charge in [0.2, 0.25) is 5.91 Å². The predicted octanol–water partition coefficient (Wildman–Crippen LogP) is 4.19. The Kier molecular flexibility index (Phi) is 6.88. The topological polar surface area (TPSA) is 104 Å². The number of nitrogens with zero attached hydrogens (tertiary/aromatic N) is 5. The SMILES string of the molecule is CCc1cc(O)ccc1-c1ccc2c(-c3nc4c([nH]3)CN(C(C)C)C(C(=O)N3CCC(N(C)C)C3)C4)n[nH]c2c1. The number of amides is 1. The molecule has 0 bridgehead atoms. The number of H-pyrrole nitrogens is 2. The minimum absolute atomic E-state index is 0.207. The van der Waals surface area contributed by atoms with Gasteiger partial charge in [-0.1, -0.05) is 19.1 Å². The average Bonchev–Trinajstić information content (AvgIpc) is 3.69. The van der Waals surface area contributed by atoms with Crippen molar-refractivity contribution in [3.05, 3.63) is 53.3 Å². The summed E-state index contributed by atoms with van der Waals surface area (Å²) in [7, 11) is 4.18. The van der Waals surface area contributed by atoms with Crippen molar-refractivity contribution in [1.29, 1.82) is 0 Å². The maximum absolute atomic E-state index is 13.7. The number of hydrogen-bond acceptors (Lipinski definition) is 6. The molecule has 4 heterocycles. The number of aromatic hydroxyl groups is 1. The molecule has 6 rings (SSSR count). The first-order valence-electron chi connectivity index (χ1n) is 14.3. The molecule has 40 heavy (non-hydrogen) atoms. The second-order valence-corrected chi connectivity index (χ2v) is 11.7. The molecule has 1 saturated heterocycles. The van der Waals surface area contributed by atoms with Gasteiger partial charge in [0, 0.05) is 43.5 Å². The van der Waals surface area contributed by atoms with Crippen molar-refractivity contribution in [3.63, 3.8) is 0 Å². The number of phenols is 1. The summed E-state index contributed by atoms with van der Waals surface area (Å²) in [4.78, 5) is 28.8. The molecule has 1 fully saturated rings. The molecule has 0 saturated carbocycles. The smallest absolute Gasteiger partial charge is 0.240 e. The molecule has 2 atom stereocenters. The number of phenolic OH excluding ortho intramolecular Hbond substituents is 1. The fourth-order valence-corrected chi connectivity index (χ4v) is 6.32. The van der Waals surface area contributed by atoms with Crippen molar-refractivity contribution >= 4 is 16.8 Å². The highest BCUT2D eigenvalue weighted by Gasteiger charge is 2.39. The fourth-order valence-electron chi connectivity index (χ4n) is 6.32. The maximum atomic E-state index is 13.7. The summed E-state index contributed by atoms with van der Waals surface area (Å²) < 4.78 is 0. The largest absolute Gasteiger partial charge is 0.508 e. The Labute approximate surface area is 235 Å². The number of hydrogen-bond donors (Lipinski definition) is 3. The third kappa shape index (κ3) is 4.67. The van der Waals surface area contributed by atoms with Crippen LogP contribution in [0.2, 0.25) is 0 Å². The lowest BCUT2D eigenvalue weighted by Gasteiger charge is -2.38. The highest BCUT2D eigenvalue weighted by Crippen LogP contribution is 2.34. The molecule has 3 N–H and O–H groups in total. The Morgan fingerprint density at radius 3 is 2.75 bits per heavy atom. The van der Waals surface area contributed by atoms with Gasteiger partial charge in [0.05, 0.1) is 22.9 Å². The van der Waals surface area contributed by atoms with Crippen LogP contribution >= 0.6 is 0 Å². The van der Waals surface area contributed by atoms with Gasteiger partial charge in [-0.15, -0.1) is 0 Å². The Morgan fingerprint density at radius 2 is 2.02 bits per heavy atom. The number of likely N-dealkylation sites (tertiary alicyclic amines) is 1. The van der Waals surface area contributed by atoms with Crippen LogP contribution in [-0.2, 0) is 24.2 Å². The van der Waals surface area contributed by atoms with Crippen LogP contribution in [0.25, 0.3) is 33.5 Å². The van der Waals surface area contributed by atoms with E-state index in [4.69, 9.17) is 4.98 Å². The van der Waals surface area contributed by atoms with E-state index in [1.165, 1.54) is 0 Å². The molecule has 2 unspecified atom stereocenters. The molecule has 9 heteroatoms. The van der Waals surface area contributed by atoms with E-state index in [2.05, 4.69) is 78.0 Å². The molecule has 9 nitrogen and oxygen atoms in total. The van der Waals surface area contributed by atoms with Crippen LogP contribution in [0.1, 0.15) is 44.1 Å². The molecule has 1 amide bonds. The van der Waals surface area contributed by atoms with Crippen molar-refractivity contribution < 1.29 is 9.90 Å². The van der Waals surface area contributed by atoms with Gasteiger partial charge in [0.15, 0.2) is 5.82 Å². The zero-order chi connectivity index (χ0) is 28.1. The number of nitrogens with one attached hydrogen (secondary N) is 2. The second-order valence-electron chi connectivity index (χ2n) is 11.7. The van der Waals surface area contributed by atoms with Gasteiger partial charge in [-0.2, -0.15) is 5.10 Å². The van der Waals surface area contributed by atoms with Crippen LogP contribution in [0, 0.1) is 0 Å². The van der Waals surface area contributed by atoms with E-state index in [9.17, 15) is 9.90 Å². The Bertz CT molecular complexity index is 1550. The summed E-state index contributed by atoms with van der Waals surface area (Å²) >= 11 is 0. The summed E-state index contributed by atoms with van der Waals surface area (Å²) in [5, 5.41) is 18.7. The standard InChI is InChI=1S/C31H39N7O2/c1-6-19-13-22(39)8-10-23(19)20-7-9-24-25(14-20)34-35-29(24)30-32-26-15-28(38(18(2)3)17-27(26)33-30)31(40)37-12-11-21(16-37)36(4)5/h7-10,13-14,18,21,28,39H,6,11-12,15-17H2,1-5H3,(H,32,33)(H,34,35). The minimum Gasteiger partial charge on any atom is -0.508 e. The van der Waals surface area contributed by atoms with Gasteiger partial charge in [-0.25, -0.2) is 4.98 Å². The number of carbonyl (C=O) groups is 1. The number of carbonyl (C=O) groups excluding carboxylic acids is 1. The van der Waals surface area contributed by atoms with Gasteiger partial charge >= 0.3 is 0 Å². The fraction of sp³-hybridized carbons (Fsp3) is 0.452. The monoisotopic (exact) mass is 541 g/mol. The highest BCUT2D eigenvalue weighted by atomic mass is 16.3. The summed E-state index contributed by atoms with van der Waals surface area (Å²) in [5.41, 5.74) is 7.01. The number of rotatable bonds is 6. The second kappa shape index (κ2) is 10.4. The normalized spacial score (nSPS) is 19.7. The van der Waals surface area contributed by atoms with Crippen molar-refractivity contribution in [1.82, 2.24) is 34.9 Å². The van der Waals surface area contributed by atoms with E-state index in [0.717, 1.165) is 76.4 Å². The molecular weight excluding hydrogens is 502 g/mol. The Morgan fingerprint density at radius 1 is 1.20 bits per heavy atom. The quantitative estimate of drug-likeness (QED) is 0.338. The van der Waals surface area contributed by atoms with E-state index in [-0.39, 0.29) is 23.7 Å². The lowest BCUT2D eigenvalue weighted by atomic mass is 9.97. The van der Waals surface area contributed by atoms with Crippen molar-refractivity contribution in [2.24, 2.45) is 0 Å². The molecule has 210 valence electrons. The van der Waals surface area contributed by atoms with Crippen LogP contribution in [0.3, 0.4) is 0 Å². The number of likely N-dealkylation sites (N-methyl/N-ethyl adjacent to an activating group) is 1. The molecule has 2 aliphatic rings. The summed E-state index contributed by atoms with van der Waals surface area (Å²) in [6.45, 7) is 8.67. The third-order valence-corrected chi connectivity index (χ3v) is 8.71. The number of fused-ring (bicyclic) bond motifs is 2. The molecular formula is C31H39N7O2. The average molecular weight is 542 g/mol. The van der Waals surface area contributed by atoms with E-state index < -0.39 is 0 Å². The van der Waals surface area contributed by atoms with Crippen LogP contribution in [0.15, 0.2) is 36.4 Å². The van der Waals surface area contributed by atoms with E-state index >= 15 is 0 Å². The molecule has 0 spiro atoms. The van der Waals surface area contributed by atoms with Gasteiger partial charge < -0.3 is 19.9 Å². The van der Waals surface area contributed by atoms with Gasteiger partial charge in [0.1, 0.15) is 11.4 Å². The van der Waals surface area contributed by atoms with Crippen LogP contribution in [0.4, 0.5) is 0 Å². The lowest BCUT2D eigenvalue weighted by molar-refractivity contribution is -0.137. The highest BCUT2D eigenvalue weighted by molar-refractivity contribution is 5.94. The zero-order valence-corrected chi connectivity index (χ0v) is 24.0. The van der Waals surface area contributed by atoms with E-state index in [1.54, 1.807) is 6.07 Å². The summed E-state index contributed by atoms with van der Waals surface area (Å²) in [6.07, 6.45) is 2.45. The Hall–Kier alpha value is -3.69. The first kappa shape index (κ1) is 26.5. The molecule has 2 aliphatic heterocycles. The van der Waals surface area contributed by atoms with Gasteiger partial charge in [-0.3, -0.25) is 14.8 Å². The molecule has 4 aromatic rings.